The Morgan fingerprint density at radius 3 is 2.78 bits per heavy atom. The summed E-state index contributed by atoms with van der Waals surface area (Å²) in [5.41, 5.74) is 0.508. The third kappa shape index (κ3) is 2.78. The number of amides is 1. The van der Waals surface area contributed by atoms with Gasteiger partial charge in [0.25, 0.3) is 5.91 Å². The molecular formula is C13H16Cl2N2O. The first kappa shape index (κ1) is 13.6. The van der Waals surface area contributed by atoms with E-state index < -0.39 is 0 Å². The van der Waals surface area contributed by atoms with E-state index in [9.17, 15) is 4.79 Å². The van der Waals surface area contributed by atoms with E-state index >= 15 is 0 Å². The summed E-state index contributed by atoms with van der Waals surface area (Å²) in [4.78, 5) is 18.0. The van der Waals surface area contributed by atoms with E-state index in [-0.39, 0.29) is 11.1 Å². The zero-order chi connectivity index (χ0) is 13.3. The number of carbonyl (C=O) groups is 1. The number of aromatic nitrogens is 1. The monoisotopic (exact) mass is 286 g/mol. The quantitative estimate of drug-likeness (QED) is 0.780. The van der Waals surface area contributed by atoms with Crippen molar-refractivity contribution in [3.05, 3.63) is 28.0 Å². The van der Waals surface area contributed by atoms with Crippen molar-refractivity contribution in [3.8, 4) is 0 Å². The second kappa shape index (κ2) is 5.45. The van der Waals surface area contributed by atoms with Crippen LogP contribution in [0.2, 0.25) is 10.2 Å². The molecule has 18 heavy (non-hydrogen) atoms. The van der Waals surface area contributed by atoms with Crippen molar-refractivity contribution in [3.63, 3.8) is 0 Å². The Bertz CT molecular complexity index is 462. The smallest absolute Gasteiger partial charge is 0.255 e. The van der Waals surface area contributed by atoms with Crippen molar-refractivity contribution in [2.24, 2.45) is 11.8 Å². The molecule has 0 aromatic carbocycles. The lowest BCUT2D eigenvalue weighted by molar-refractivity contribution is 0.0783. The highest BCUT2D eigenvalue weighted by Crippen LogP contribution is 2.26. The summed E-state index contributed by atoms with van der Waals surface area (Å²) in [6.07, 6.45) is 2.55. The maximum absolute atomic E-state index is 12.3. The van der Waals surface area contributed by atoms with Gasteiger partial charge < -0.3 is 4.90 Å². The summed E-state index contributed by atoms with van der Waals surface area (Å²) in [7, 11) is 0. The maximum atomic E-state index is 12.3. The first-order chi connectivity index (χ1) is 8.49. The summed E-state index contributed by atoms with van der Waals surface area (Å²) < 4.78 is 0. The molecule has 98 valence electrons. The zero-order valence-electron chi connectivity index (χ0n) is 10.5. The molecule has 1 atom stereocenters. The van der Waals surface area contributed by atoms with Gasteiger partial charge in [-0.1, -0.05) is 37.0 Å². The van der Waals surface area contributed by atoms with Crippen LogP contribution in [0.1, 0.15) is 30.6 Å². The molecule has 2 heterocycles. The standard InChI is InChI=1S/C13H16Cl2N2O/c1-8(2)9-3-4-17(7-9)13(18)10-5-11(14)12(15)16-6-10/h5-6,8-9H,3-4,7H2,1-2H3. The van der Waals surface area contributed by atoms with Crippen LogP contribution in [0.4, 0.5) is 0 Å². The van der Waals surface area contributed by atoms with E-state index in [0.717, 1.165) is 19.5 Å². The fraction of sp³-hybridized carbons (Fsp3) is 0.538. The topological polar surface area (TPSA) is 33.2 Å². The van der Waals surface area contributed by atoms with Gasteiger partial charge in [0.2, 0.25) is 0 Å². The lowest BCUT2D eigenvalue weighted by Crippen LogP contribution is -2.29. The largest absolute Gasteiger partial charge is 0.338 e. The van der Waals surface area contributed by atoms with Crippen molar-refractivity contribution in [2.75, 3.05) is 13.1 Å². The number of halogens is 2. The molecule has 1 amide bonds. The highest BCUT2D eigenvalue weighted by Gasteiger charge is 2.28. The van der Waals surface area contributed by atoms with Crippen molar-refractivity contribution in [1.82, 2.24) is 9.88 Å². The summed E-state index contributed by atoms with van der Waals surface area (Å²) >= 11 is 11.6. The lowest BCUT2D eigenvalue weighted by Gasteiger charge is -2.18. The van der Waals surface area contributed by atoms with Crippen LogP contribution in [0.15, 0.2) is 12.3 Å². The maximum Gasteiger partial charge on any atom is 0.255 e. The number of nitrogens with zero attached hydrogens (tertiary/aromatic N) is 2. The summed E-state index contributed by atoms with van der Waals surface area (Å²) in [6.45, 7) is 6.01. The van der Waals surface area contributed by atoms with Crippen molar-refractivity contribution >= 4 is 29.1 Å². The van der Waals surface area contributed by atoms with Crippen LogP contribution in [-0.4, -0.2) is 28.9 Å². The second-order valence-electron chi connectivity index (χ2n) is 5.04. The second-order valence-corrected chi connectivity index (χ2v) is 5.81. The average Bonchev–Trinajstić information content (AvgIpc) is 2.81. The van der Waals surface area contributed by atoms with E-state index in [2.05, 4.69) is 18.8 Å². The normalized spacial score (nSPS) is 19.6. The van der Waals surface area contributed by atoms with Crippen molar-refractivity contribution in [2.45, 2.75) is 20.3 Å². The Balaban J connectivity index is 2.10. The van der Waals surface area contributed by atoms with Gasteiger partial charge in [-0.05, 0) is 24.3 Å². The zero-order valence-corrected chi connectivity index (χ0v) is 12.0. The molecule has 0 saturated carbocycles. The molecule has 1 aromatic rings. The van der Waals surface area contributed by atoms with Gasteiger partial charge in [0, 0.05) is 19.3 Å². The fourth-order valence-electron chi connectivity index (χ4n) is 2.24. The van der Waals surface area contributed by atoms with Gasteiger partial charge in [0.1, 0.15) is 5.15 Å². The van der Waals surface area contributed by atoms with Gasteiger partial charge in [-0.15, -0.1) is 0 Å². The summed E-state index contributed by atoms with van der Waals surface area (Å²) in [5.74, 6) is 1.18. The van der Waals surface area contributed by atoms with Crippen LogP contribution >= 0.6 is 23.2 Å². The molecule has 0 bridgehead atoms. The molecule has 1 saturated heterocycles. The van der Waals surface area contributed by atoms with Gasteiger partial charge in [0.15, 0.2) is 0 Å². The Morgan fingerprint density at radius 1 is 1.50 bits per heavy atom. The van der Waals surface area contributed by atoms with Crippen LogP contribution in [-0.2, 0) is 0 Å². The third-order valence-corrected chi connectivity index (χ3v) is 4.18. The number of carbonyl (C=O) groups excluding carboxylic acids is 1. The van der Waals surface area contributed by atoms with E-state index in [1.807, 2.05) is 4.90 Å². The average molecular weight is 287 g/mol. The van der Waals surface area contributed by atoms with E-state index in [1.165, 1.54) is 6.20 Å². The number of hydrogen-bond acceptors (Lipinski definition) is 2. The molecule has 1 aliphatic rings. The van der Waals surface area contributed by atoms with Crippen LogP contribution in [0.25, 0.3) is 0 Å². The summed E-state index contributed by atoms with van der Waals surface area (Å²) in [6, 6.07) is 1.59. The minimum atomic E-state index is -0.00998. The molecular weight excluding hydrogens is 271 g/mol. The predicted octanol–water partition coefficient (Wildman–Crippen LogP) is 3.51. The molecule has 2 rings (SSSR count). The van der Waals surface area contributed by atoms with Gasteiger partial charge in [-0.3, -0.25) is 4.79 Å². The predicted molar refractivity (Wildman–Crippen MR) is 73.1 cm³/mol. The van der Waals surface area contributed by atoms with Crippen LogP contribution < -0.4 is 0 Å². The number of rotatable bonds is 2. The highest BCUT2D eigenvalue weighted by atomic mass is 35.5. The number of pyridine rings is 1. The Labute approximate surface area is 117 Å². The third-order valence-electron chi connectivity index (χ3n) is 3.50. The van der Waals surface area contributed by atoms with Crippen molar-refractivity contribution in [1.29, 1.82) is 0 Å². The molecule has 0 N–H and O–H groups in total. The van der Waals surface area contributed by atoms with Crippen LogP contribution in [0.3, 0.4) is 0 Å². The first-order valence-corrected chi connectivity index (χ1v) is 6.85. The van der Waals surface area contributed by atoms with Crippen LogP contribution in [0.5, 0.6) is 0 Å². The molecule has 0 radical (unpaired) electrons. The van der Waals surface area contributed by atoms with Gasteiger partial charge in [-0.2, -0.15) is 0 Å². The lowest BCUT2D eigenvalue weighted by atomic mass is 9.95. The number of likely N-dealkylation sites (tertiary alicyclic amines) is 1. The van der Waals surface area contributed by atoms with Gasteiger partial charge >= 0.3 is 0 Å². The molecule has 1 unspecified atom stereocenters. The Kier molecular flexibility index (Phi) is 4.13. The highest BCUT2D eigenvalue weighted by molar-refractivity contribution is 6.41. The number of hydrogen-bond donors (Lipinski definition) is 0. The summed E-state index contributed by atoms with van der Waals surface area (Å²) in [5, 5.41) is 0.553. The van der Waals surface area contributed by atoms with Gasteiger partial charge in [0.05, 0.1) is 10.6 Å². The van der Waals surface area contributed by atoms with E-state index in [4.69, 9.17) is 23.2 Å². The molecule has 1 aliphatic heterocycles. The molecule has 5 heteroatoms. The molecule has 0 aliphatic carbocycles. The van der Waals surface area contributed by atoms with E-state index in [1.54, 1.807) is 6.07 Å². The minimum Gasteiger partial charge on any atom is -0.338 e. The first-order valence-electron chi connectivity index (χ1n) is 6.09. The fourth-order valence-corrected chi connectivity index (χ4v) is 2.51. The Hall–Kier alpha value is -0.800. The SMILES string of the molecule is CC(C)C1CCN(C(=O)c2cnc(Cl)c(Cl)c2)C1. The minimum absolute atomic E-state index is 0.00998. The molecule has 1 aromatic heterocycles. The van der Waals surface area contributed by atoms with Crippen molar-refractivity contribution < 1.29 is 4.79 Å². The Morgan fingerprint density at radius 2 is 2.22 bits per heavy atom. The molecule has 3 nitrogen and oxygen atoms in total. The van der Waals surface area contributed by atoms with Crippen LogP contribution in [0, 0.1) is 11.8 Å². The van der Waals surface area contributed by atoms with E-state index in [0.29, 0.717) is 22.4 Å². The molecule has 0 spiro atoms. The van der Waals surface area contributed by atoms with Gasteiger partial charge in [-0.25, -0.2) is 4.98 Å². The molecule has 1 fully saturated rings.